The third-order valence-electron chi connectivity index (χ3n) is 3.36. The quantitative estimate of drug-likeness (QED) is 0.747. The van der Waals surface area contributed by atoms with E-state index in [9.17, 15) is 4.79 Å². The second kappa shape index (κ2) is 7.41. The van der Waals surface area contributed by atoms with Crippen molar-refractivity contribution in [2.45, 2.75) is 13.3 Å². The zero-order valence-electron chi connectivity index (χ0n) is 13.2. The van der Waals surface area contributed by atoms with Crippen molar-refractivity contribution in [3.63, 3.8) is 0 Å². The van der Waals surface area contributed by atoms with Gasteiger partial charge in [0.05, 0.1) is 6.61 Å². The average molecular weight is 323 g/mol. The first-order valence-electron chi connectivity index (χ1n) is 7.70. The van der Waals surface area contributed by atoms with E-state index in [-0.39, 0.29) is 11.7 Å². The monoisotopic (exact) mass is 323 g/mol. The minimum absolute atomic E-state index is 0.287. The molecule has 0 saturated heterocycles. The Balaban J connectivity index is 1.73. The summed E-state index contributed by atoms with van der Waals surface area (Å²) in [6.45, 7) is 2.69. The van der Waals surface area contributed by atoms with Gasteiger partial charge in [-0.15, -0.1) is 0 Å². The number of aromatic nitrogens is 2. The number of carbonyl (C=O) groups excluding carboxylic acids is 1. The molecule has 6 nitrogen and oxygen atoms in total. The van der Waals surface area contributed by atoms with Crippen molar-refractivity contribution in [2.75, 3.05) is 11.9 Å². The molecule has 0 bridgehead atoms. The van der Waals surface area contributed by atoms with Gasteiger partial charge in [-0.05, 0) is 41.0 Å². The fourth-order valence-corrected chi connectivity index (χ4v) is 2.16. The van der Waals surface area contributed by atoms with E-state index >= 15 is 0 Å². The van der Waals surface area contributed by atoms with Crippen molar-refractivity contribution in [1.82, 2.24) is 10.3 Å². The Morgan fingerprint density at radius 3 is 2.54 bits per heavy atom. The molecule has 24 heavy (non-hydrogen) atoms. The largest absolute Gasteiger partial charge is 0.494 e. The summed E-state index contributed by atoms with van der Waals surface area (Å²) in [7, 11) is 0. The molecule has 3 aromatic rings. The van der Waals surface area contributed by atoms with Gasteiger partial charge in [0.25, 0.3) is 5.91 Å². The number of benzene rings is 2. The molecule has 0 aliphatic rings. The number of rotatable bonds is 6. The van der Waals surface area contributed by atoms with Gasteiger partial charge in [-0.25, -0.2) is 4.63 Å². The summed E-state index contributed by atoms with van der Waals surface area (Å²) in [5.74, 6) is 0.740. The number of carbonyl (C=O) groups is 1. The Bertz CT molecular complexity index is 798. The van der Waals surface area contributed by atoms with Crippen LogP contribution in [0, 0.1) is 0 Å². The third-order valence-corrected chi connectivity index (χ3v) is 3.36. The maximum absolute atomic E-state index is 12.4. The fraction of sp³-hybridized carbons (Fsp3) is 0.167. The van der Waals surface area contributed by atoms with Crippen molar-refractivity contribution in [2.24, 2.45) is 0 Å². The summed E-state index contributed by atoms with van der Waals surface area (Å²) in [4.78, 5) is 12.4. The van der Waals surface area contributed by atoms with Crippen LogP contribution in [0.5, 0.6) is 5.75 Å². The topological polar surface area (TPSA) is 77.2 Å². The number of nitrogens with zero attached hydrogens (tertiary/aromatic N) is 2. The minimum Gasteiger partial charge on any atom is -0.494 e. The summed E-state index contributed by atoms with van der Waals surface area (Å²) >= 11 is 0. The predicted molar refractivity (Wildman–Crippen MR) is 89.9 cm³/mol. The van der Waals surface area contributed by atoms with E-state index in [2.05, 4.69) is 15.6 Å². The molecule has 0 radical (unpaired) electrons. The predicted octanol–water partition coefficient (Wildman–Crippen LogP) is 3.78. The van der Waals surface area contributed by atoms with Crippen LogP contribution in [0.15, 0.2) is 59.2 Å². The molecule has 0 saturated carbocycles. The molecule has 1 aromatic heterocycles. The lowest BCUT2D eigenvalue weighted by molar-refractivity contribution is 0.102. The van der Waals surface area contributed by atoms with E-state index in [1.54, 1.807) is 24.3 Å². The molecule has 122 valence electrons. The van der Waals surface area contributed by atoms with Crippen molar-refractivity contribution in [1.29, 1.82) is 0 Å². The highest BCUT2D eigenvalue weighted by Gasteiger charge is 2.15. The third kappa shape index (κ3) is 3.60. The maximum Gasteiger partial charge on any atom is 0.256 e. The smallest absolute Gasteiger partial charge is 0.256 e. The van der Waals surface area contributed by atoms with E-state index < -0.39 is 0 Å². The Morgan fingerprint density at radius 1 is 1.08 bits per heavy atom. The Hall–Kier alpha value is -3.15. The van der Waals surface area contributed by atoms with Crippen LogP contribution in [0.1, 0.15) is 23.7 Å². The molecular formula is C18H17N3O3. The Morgan fingerprint density at radius 2 is 1.83 bits per heavy atom. The summed E-state index contributed by atoms with van der Waals surface area (Å²) < 4.78 is 10.3. The fourth-order valence-electron chi connectivity index (χ4n) is 2.16. The lowest BCUT2D eigenvalue weighted by Gasteiger charge is -2.06. The Labute approximate surface area is 139 Å². The van der Waals surface area contributed by atoms with Gasteiger partial charge < -0.3 is 10.1 Å². The van der Waals surface area contributed by atoms with Gasteiger partial charge in [-0.1, -0.05) is 37.3 Å². The van der Waals surface area contributed by atoms with Crippen LogP contribution in [0.3, 0.4) is 0 Å². The van der Waals surface area contributed by atoms with Gasteiger partial charge in [0.1, 0.15) is 5.75 Å². The number of ether oxygens (including phenoxy) is 1. The van der Waals surface area contributed by atoms with Gasteiger partial charge in [0.2, 0.25) is 5.82 Å². The first kappa shape index (κ1) is 15.7. The van der Waals surface area contributed by atoms with Gasteiger partial charge in [-0.3, -0.25) is 4.79 Å². The SMILES string of the molecule is CCCOc1ccc(C(=O)Nc2nonc2-c2ccccc2)cc1. The summed E-state index contributed by atoms with van der Waals surface area (Å²) in [5.41, 5.74) is 1.81. The number of anilines is 1. The van der Waals surface area contributed by atoms with E-state index in [0.29, 0.717) is 17.9 Å². The summed E-state index contributed by atoms with van der Waals surface area (Å²) in [6.07, 6.45) is 0.934. The van der Waals surface area contributed by atoms with Crippen LogP contribution in [-0.4, -0.2) is 22.8 Å². The molecule has 0 aliphatic heterocycles. The van der Waals surface area contributed by atoms with Gasteiger partial charge in [0.15, 0.2) is 5.69 Å². The van der Waals surface area contributed by atoms with E-state index in [1.165, 1.54) is 0 Å². The first-order chi connectivity index (χ1) is 11.8. The number of amides is 1. The molecule has 6 heteroatoms. The standard InChI is InChI=1S/C18H17N3O3/c1-2-12-23-15-10-8-14(9-11-15)18(22)19-17-16(20-24-21-17)13-6-4-3-5-7-13/h3-11H,2,12H2,1H3,(H,19,21,22). The molecule has 2 aromatic carbocycles. The zero-order valence-corrected chi connectivity index (χ0v) is 13.2. The van der Waals surface area contributed by atoms with E-state index in [4.69, 9.17) is 9.37 Å². The van der Waals surface area contributed by atoms with Crippen LogP contribution in [-0.2, 0) is 0 Å². The highest BCUT2D eigenvalue weighted by atomic mass is 16.6. The molecule has 0 spiro atoms. The first-order valence-corrected chi connectivity index (χ1v) is 7.70. The molecule has 3 rings (SSSR count). The van der Waals surface area contributed by atoms with Gasteiger partial charge in [0, 0.05) is 11.1 Å². The maximum atomic E-state index is 12.4. The molecule has 0 aliphatic carbocycles. The second-order valence-electron chi connectivity index (χ2n) is 5.15. The summed E-state index contributed by atoms with van der Waals surface area (Å²) in [5, 5.41) is 10.4. The summed E-state index contributed by atoms with van der Waals surface area (Å²) in [6, 6.07) is 16.3. The molecule has 1 N–H and O–H groups in total. The van der Waals surface area contributed by atoms with Crippen molar-refractivity contribution >= 4 is 11.7 Å². The minimum atomic E-state index is -0.287. The highest BCUT2D eigenvalue weighted by Crippen LogP contribution is 2.24. The number of hydrogen-bond acceptors (Lipinski definition) is 5. The lowest BCUT2D eigenvalue weighted by atomic mass is 10.1. The zero-order chi connectivity index (χ0) is 16.8. The lowest BCUT2D eigenvalue weighted by Crippen LogP contribution is -2.12. The normalized spacial score (nSPS) is 10.4. The highest BCUT2D eigenvalue weighted by molar-refractivity contribution is 6.05. The Kier molecular flexibility index (Phi) is 4.86. The number of hydrogen-bond donors (Lipinski definition) is 1. The van der Waals surface area contributed by atoms with Gasteiger partial charge >= 0.3 is 0 Å². The van der Waals surface area contributed by atoms with Crippen LogP contribution >= 0.6 is 0 Å². The second-order valence-corrected chi connectivity index (χ2v) is 5.15. The number of nitrogens with one attached hydrogen (secondary N) is 1. The van der Waals surface area contributed by atoms with Crippen LogP contribution in [0.4, 0.5) is 5.82 Å². The van der Waals surface area contributed by atoms with E-state index in [0.717, 1.165) is 17.7 Å². The molecule has 0 atom stereocenters. The van der Waals surface area contributed by atoms with Crippen molar-refractivity contribution in [3.05, 3.63) is 60.2 Å². The van der Waals surface area contributed by atoms with E-state index in [1.807, 2.05) is 37.3 Å². The molecule has 0 unspecified atom stereocenters. The van der Waals surface area contributed by atoms with Crippen molar-refractivity contribution in [3.8, 4) is 17.0 Å². The van der Waals surface area contributed by atoms with Crippen LogP contribution < -0.4 is 10.1 Å². The molecule has 1 amide bonds. The average Bonchev–Trinajstić information content (AvgIpc) is 3.09. The van der Waals surface area contributed by atoms with Crippen LogP contribution in [0.25, 0.3) is 11.3 Å². The van der Waals surface area contributed by atoms with Crippen molar-refractivity contribution < 1.29 is 14.2 Å². The molecule has 1 heterocycles. The van der Waals surface area contributed by atoms with Gasteiger partial charge in [-0.2, -0.15) is 0 Å². The van der Waals surface area contributed by atoms with Crippen LogP contribution in [0.2, 0.25) is 0 Å². The molecule has 0 fully saturated rings. The molecular weight excluding hydrogens is 306 g/mol.